The zero-order chi connectivity index (χ0) is 26.2. The number of amides is 2. The van der Waals surface area contributed by atoms with Gasteiger partial charge in [-0.15, -0.1) is 0 Å². The second kappa shape index (κ2) is 12.9. The molecule has 1 N–H and O–H groups in total. The minimum atomic E-state index is -3.63. The predicted molar refractivity (Wildman–Crippen MR) is 137 cm³/mol. The number of hydrogen-bond acceptors (Lipinski definition) is 4. The minimum absolute atomic E-state index is 0.0223. The van der Waals surface area contributed by atoms with Crippen molar-refractivity contribution in [3.8, 4) is 0 Å². The van der Waals surface area contributed by atoms with E-state index in [4.69, 9.17) is 11.6 Å². The third-order valence-electron chi connectivity index (χ3n) is 5.61. The largest absolute Gasteiger partial charge is 0.354 e. The standard InChI is InChI=1S/C25H33ClFN3O4S/c1-5-14-28-25(32)19(3)29(17-20-9-6-7-10-22(20)27)24(31)11-8-15-30(35(4,33)34)23-16-21(26)13-12-18(23)2/h6-7,9-10,12-13,16,19H,5,8,11,14-15,17H2,1-4H3,(H,28,32)/t19-/m0/s1. The summed E-state index contributed by atoms with van der Waals surface area (Å²) in [4.78, 5) is 27.1. The van der Waals surface area contributed by atoms with Gasteiger partial charge in [0.15, 0.2) is 0 Å². The number of rotatable bonds is 12. The molecule has 35 heavy (non-hydrogen) atoms. The van der Waals surface area contributed by atoms with Gasteiger partial charge in [-0.2, -0.15) is 0 Å². The SMILES string of the molecule is CCCNC(=O)[C@H](C)N(Cc1ccccc1F)C(=O)CCCN(c1cc(Cl)ccc1C)S(C)(=O)=O. The number of sulfonamides is 1. The fourth-order valence-electron chi connectivity index (χ4n) is 3.62. The van der Waals surface area contributed by atoms with Gasteiger partial charge in [0.25, 0.3) is 0 Å². The van der Waals surface area contributed by atoms with E-state index >= 15 is 0 Å². The van der Waals surface area contributed by atoms with Crippen LogP contribution >= 0.6 is 11.6 Å². The number of benzene rings is 2. The van der Waals surface area contributed by atoms with Gasteiger partial charge in [0.1, 0.15) is 11.9 Å². The summed E-state index contributed by atoms with van der Waals surface area (Å²) in [6.07, 6.45) is 2.02. The van der Waals surface area contributed by atoms with Gasteiger partial charge >= 0.3 is 0 Å². The molecule has 0 saturated heterocycles. The molecule has 0 bridgehead atoms. The van der Waals surface area contributed by atoms with Gasteiger partial charge < -0.3 is 10.2 Å². The molecule has 192 valence electrons. The highest BCUT2D eigenvalue weighted by Crippen LogP contribution is 2.27. The highest BCUT2D eigenvalue weighted by atomic mass is 35.5. The van der Waals surface area contributed by atoms with Crippen molar-refractivity contribution in [2.75, 3.05) is 23.7 Å². The molecular weight excluding hydrogens is 493 g/mol. The quantitative estimate of drug-likeness (QED) is 0.448. The van der Waals surface area contributed by atoms with Crippen LogP contribution in [-0.2, 0) is 26.2 Å². The molecule has 0 aliphatic carbocycles. The van der Waals surface area contributed by atoms with Crippen molar-refractivity contribution < 1.29 is 22.4 Å². The van der Waals surface area contributed by atoms with Crippen LogP contribution in [0.25, 0.3) is 0 Å². The molecule has 0 aliphatic rings. The van der Waals surface area contributed by atoms with E-state index in [-0.39, 0.29) is 37.7 Å². The molecular formula is C25H33ClFN3O4S. The average molecular weight is 526 g/mol. The first-order chi connectivity index (χ1) is 16.5. The van der Waals surface area contributed by atoms with Gasteiger partial charge in [-0.05, 0) is 50.5 Å². The number of aryl methyl sites for hydroxylation is 1. The van der Waals surface area contributed by atoms with Crippen LogP contribution in [0.15, 0.2) is 42.5 Å². The Kier molecular flexibility index (Phi) is 10.5. The van der Waals surface area contributed by atoms with Crippen LogP contribution in [0, 0.1) is 12.7 Å². The van der Waals surface area contributed by atoms with Crippen molar-refractivity contribution in [2.45, 2.75) is 52.6 Å². The number of anilines is 1. The fraction of sp³-hybridized carbons (Fsp3) is 0.440. The maximum Gasteiger partial charge on any atom is 0.242 e. The monoisotopic (exact) mass is 525 g/mol. The van der Waals surface area contributed by atoms with E-state index in [2.05, 4.69) is 5.32 Å². The van der Waals surface area contributed by atoms with E-state index < -0.39 is 21.9 Å². The van der Waals surface area contributed by atoms with Gasteiger partial charge in [-0.25, -0.2) is 12.8 Å². The van der Waals surface area contributed by atoms with E-state index in [1.165, 1.54) is 15.3 Å². The van der Waals surface area contributed by atoms with Gasteiger partial charge in [-0.3, -0.25) is 13.9 Å². The third-order valence-corrected chi connectivity index (χ3v) is 7.02. The van der Waals surface area contributed by atoms with Crippen molar-refractivity contribution in [3.05, 3.63) is 64.4 Å². The number of hydrogen-bond donors (Lipinski definition) is 1. The summed E-state index contributed by atoms with van der Waals surface area (Å²) in [7, 11) is -3.63. The lowest BCUT2D eigenvalue weighted by atomic mass is 10.1. The van der Waals surface area contributed by atoms with Crippen molar-refractivity contribution in [1.29, 1.82) is 0 Å². The number of halogens is 2. The van der Waals surface area contributed by atoms with Gasteiger partial charge in [0.2, 0.25) is 21.8 Å². The van der Waals surface area contributed by atoms with E-state index in [0.29, 0.717) is 22.8 Å². The normalized spacial score (nSPS) is 12.2. The molecule has 0 fully saturated rings. The Balaban J connectivity index is 2.20. The highest BCUT2D eigenvalue weighted by molar-refractivity contribution is 7.92. The molecule has 10 heteroatoms. The fourth-order valence-corrected chi connectivity index (χ4v) is 4.80. The predicted octanol–water partition coefficient (Wildman–Crippen LogP) is 4.28. The molecule has 2 rings (SSSR count). The summed E-state index contributed by atoms with van der Waals surface area (Å²) in [6, 6.07) is 10.3. The van der Waals surface area contributed by atoms with Gasteiger partial charge in [0.05, 0.1) is 11.9 Å². The molecule has 0 spiro atoms. The number of carbonyl (C=O) groups excluding carboxylic acids is 2. The Morgan fingerprint density at radius 3 is 2.49 bits per heavy atom. The Bertz CT molecular complexity index is 1140. The second-order valence-electron chi connectivity index (χ2n) is 8.45. The maximum absolute atomic E-state index is 14.3. The molecule has 0 aliphatic heterocycles. The molecule has 0 saturated carbocycles. The summed E-state index contributed by atoms with van der Waals surface area (Å²) in [5.74, 6) is -1.17. The van der Waals surface area contributed by atoms with Gasteiger partial charge in [0, 0.05) is 36.6 Å². The zero-order valence-electron chi connectivity index (χ0n) is 20.6. The number of nitrogens with zero attached hydrogens (tertiary/aromatic N) is 2. The summed E-state index contributed by atoms with van der Waals surface area (Å²) in [5.41, 5.74) is 1.47. The molecule has 7 nitrogen and oxygen atoms in total. The lowest BCUT2D eigenvalue weighted by Gasteiger charge is -2.29. The van der Waals surface area contributed by atoms with Gasteiger partial charge in [-0.1, -0.05) is 42.8 Å². The van der Waals surface area contributed by atoms with E-state index in [1.807, 2.05) is 6.92 Å². The zero-order valence-corrected chi connectivity index (χ0v) is 22.1. The highest BCUT2D eigenvalue weighted by Gasteiger charge is 2.27. The van der Waals surface area contributed by atoms with Crippen LogP contribution in [0.1, 0.15) is 44.2 Å². The van der Waals surface area contributed by atoms with Crippen molar-refractivity contribution in [1.82, 2.24) is 10.2 Å². The van der Waals surface area contributed by atoms with Crippen LogP contribution in [-0.4, -0.2) is 50.5 Å². The molecule has 1 atom stereocenters. The minimum Gasteiger partial charge on any atom is -0.354 e. The Labute approximate surface area is 212 Å². The van der Waals surface area contributed by atoms with Crippen molar-refractivity contribution >= 4 is 39.1 Å². The number of nitrogens with one attached hydrogen (secondary N) is 1. The number of carbonyl (C=O) groups is 2. The summed E-state index contributed by atoms with van der Waals surface area (Å²) in [5, 5.41) is 3.17. The second-order valence-corrected chi connectivity index (χ2v) is 10.8. The van der Waals surface area contributed by atoms with Crippen molar-refractivity contribution in [2.24, 2.45) is 0 Å². The molecule has 2 aromatic carbocycles. The van der Waals surface area contributed by atoms with Crippen molar-refractivity contribution in [3.63, 3.8) is 0 Å². The maximum atomic E-state index is 14.3. The topological polar surface area (TPSA) is 86.8 Å². The first kappa shape index (κ1) is 28.6. The first-order valence-electron chi connectivity index (χ1n) is 11.5. The average Bonchev–Trinajstić information content (AvgIpc) is 2.80. The summed E-state index contributed by atoms with van der Waals surface area (Å²) >= 11 is 6.08. The lowest BCUT2D eigenvalue weighted by molar-refractivity contribution is -0.140. The van der Waals surface area contributed by atoms with Crippen LogP contribution in [0.3, 0.4) is 0 Å². The molecule has 0 heterocycles. The molecule has 2 aromatic rings. The lowest BCUT2D eigenvalue weighted by Crippen LogP contribution is -2.48. The molecule has 0 aromatic heterocycles. The van der Waals surface area contributed by atoms with Crippen LogP contribution < -0.4 is 9.62 Å². The smallest absolute Gasteiger partial charge is 0.242 e. The summed E-state index contributed by atoms with van der Waals surface area (Å²) < 4.78 is 40.5. The van der Waals surface area contributed by atoms with Crippen LogP contribution in [0.5, 0.6) is 0 Å². The summed E-state index contributed by atoms with van der Waals surface area (Å²) in [6.45, 7) is 5.74. The van der Waals surface area contributed by atoms with E-state index in [9.17, 15) is 22.4 Å². The third kappa shape index (κ3) is 8.21. The molecule has 0 unspecified atom stereocenters. The van der Waals surface area contributed by atoms with Crippen LogP contribution in [0.4, 0.5) is 10.1 Å². The van der Waals surface area contributed by atoms with E-state index in [1.54, 1.807) is 50.2 Å². The first-order valence-corrected chi connectivity index (χ1v) is 13.7. The Morgan fingerprint density at radius 2 is 1.86 bits per heavy atom. The van der Waals surface area contributed by atoms with E-state index in [0.717, 1.165) is 18.2 Å². The molecule has 2 amide bonds. The Hall–Kier alpha value is -2.65. The molecule has 0 radical (unpaired) electrons. The Morgan fingerprint density at radius 1 is 1.17 bits per heavy atom. The van der Waals surface area contributed by atoms with Crippen LogP contribution in [0.2, 0.25) is 5.02 Å².